The average Bonchev–Trinajstić information content (AvgIpc) is 3.36. The quantitative estimate of drug-likeness (QED) is 0.313. The van der Waals surface area contributed by atoms with E-state index in [-0.39, 0.29) is 18.1 Å². The Morgan fingerprint density at radius 1 is 1.22 bits per heavy atom. The van der Waals surface area contributed by atoms with Crippen LogP contribution in [0, 0.1) is 24.7 Å². The molecular formula is C29H45N5O2. The van der Waals surface area contributed by atoms with Crippen molar-refractivity contribution in [2.75, 3.05) is 37.0 Å². The molecule has 0 spiro atoms. The van der Waals surface area contributed by atoms with Gasteiger partial charge in [0.1, 0.15) is 5.82 Å². The maximum Gasteiger partial charge on any atom is 0.224 e. The van der Waals surface area contributed by atoms with Crippen molar-refractivity contribution >= 4 is 17.8 Å². The summed E-state index contributed by atoms with van der Waals surface area (Å²) in [5.74, 6) is 2.67. The van der Waals surface area contributed by atoms with Gasteiger partial charge in [-0.05, 0) is 68.9 Å². The minimum Gasteiger partial charge on any atom is -0.396 e. The second-order valence-electron chi connectivity index (χ2n) is 11.0. The van der Waals surface area contributed by atoms with Crippen LogP contribution in [0.5, 0.6) is 0 Å². The number of aromatic amines is 1. The maximum atomic E-state index is 9.90. The van der Waals surface area contributed by atoms with Crippen molar-refractivity contribution < 1.29 is 9.84 Å². The Morgan fingerprint density at radius 2 is 2.03 bits per heavy atom. The minimum atomic E-state index is 0.115. The molecule has 2 aromatic heterocycles. The number of allylic oxidation sites excluding steroid dienone is 1. The Hall–Kier alpha value is -2.38. The lowest BCUT2D eigenvalue weighted by Crippen LogP contribution is -2.25. The molecule has 0 aliphatic heterocycles. The predicted molar refractivity (Wildman–Crippen MR) is 148 cm³/mol. The van der Waals surface area contributed by atoms with Crippen LogP contribution < -0.4 is 10.6 Å². The summed E-state index contributed by atoms with van der Waals surface area (Å²) in [6, 6.07) is 2.51. The number of hydrogen-bond acceptors (Lipinski definition) is 6. The van der Waals surface area contributed by atoms with Gasteiger partial charge >= 0.3 is 0 Å². The number of H-pyrrole nitrogens is 1. The van der Waals surface area contributed by atoms with Crippen LogP contribution in [0.25, 0.3) is 17.3 Å². The number of anilines is 2. The molecule has 2 aromatic rings. The molecule has 0 aromatic carbocycles. The second-order valence-corrected chi connectivity index (χ2v) is 11.0. The van der Waals surface area contributed by atoms with E-state index in [1.54, 1.807) is 0 Å². The van der Waals surface area contributed by atoms with Crippen molar-refractivity contribution in [1.82, 2.24) is 15.0 Å². The van der Waals surface area contributed by atoms with Gasteiger partial charge in [-0.15, -0.1) is 0 Å². The fourth-order valence-electron chi connectivity index (χ4n) is 5.94. The van der Waals surface area contributed by atoms with Gasteiger partial charge in [0.15, 0.2) is 0 Å². The van der Waals surface area contributed by atoms with Crippen molar-refractivity contribution in [3.63, 3.8) is 0 Å². The third-order valence-electron chi connectivity index (χ3n) is 8.81. The lowest BCUT2D eigenvalue weighted by molar-refractivity contribution is 0.158. The van der Waals surface area contributed by atoms with E-state index in [2.05, 4.69) is 68.5 Å². The highest BCUT2D eigenvalue weighted by Gasteiger charge is 2.38. The number of rotatable bonds is 10. The normalized spacial score (nSPS) is 27.6. The topological polar surface area (TPSA) is 95.1 Å². The fraction of sp³-hybridized carbons (Fsp3) is 0.655. The molecule has 36 heavy (non-hydrogen) atoms. The first kappa shape index (κ1) is 26.7. The first-order valence-electron chi connectivity index (χ1n) is 13.8. The zero-order chi connectivity index (χ0) is 25.9. The zero-order valence-electron chi connectivity index (χ0n) is 22.9. The van der Waals surface area contributed by atoms with Gasteiger partial charge in [-0.3, -0.25) is 0 Å². The predicted octanol–water partition coefficient (Wildman–Crippen LogP) is 5.77. The van der Waals surface area contributed by atoms with Gasteiger partial charge in [-0.25, -0.2) is 4.98 Å². The highest BCUT2D eigenvalue weighted by Crippen LogP contribution is 2.42. The number of aromatic nitrogens is 3. The van der Waals surface area contributed by atoms with E-state index in [1.807, 2.05) is 6.92 Å². The third-order valence-corrected chi connectivity index (χ3v) is 8.81. The minimum absolute atomic E-state index is 0.115. The standard InChI is InChI=1S/C29H45N5O2/c1-7-29(6)12-10-9-11-21-15-24(32-26(21)29)25-20(5)31-28(30-13-14-36-8-2)34-27(25)33-23-16-22(17-35)18(3)19(23)4/h9,11,15,18-19,22-23,32,35H,7-8,10,12-14,16-17H2,1-6H3,(H2,30,31,33,34). The summed E-state index contributed by atoms with van der Waals surface area (Å²) in [6.07, 6.45) is 8.81. The number of hydrogen-bond donors (Lipinski definition) is 4. The summed E-state index contributed by atoms with van der Waals surface area (Å²) in [5, 5.41) is 17.0. The Labute approximate surface area is 216 Å². The summed E-state index contributed by atoms with van der Waals surface area (Å²) in [5.41, 5.74) is 5.70. The summed E-state index contributed by atoms with van der Waals surface area (Å²) in [7, 11) is 0. The Balaban J connectivity index is 1.73. The number of fused-ring (bicyclic) bond motifs is 1. The van der Waals surface area contributed by atoms with E-state index in [0.717, 1.165) is 48.5 Å². The Kier molecular flexibility index (Phi) is 8.41. The maximum absolute atomic E-state index is 9.90. The molecule has 1 saturated carbocycles. The van der Waals surface area contributed by atoms with Crippen LogP contribution in [0.15, 0.2) is 12.1 Å². The molecule has 5 unspecified atom stereocenters. The van der Waals surface area contributed by atoms with E-state index >= 15 is 0 Å². The molecule has 0 amide bonds. The van der Waals surface area contributed by atoms with E-state index in [1.165, 1.54) is 11.3 Å². The van der Waals surface area contributed by atoms with Gasteiger partial charge in [0, 0.05) is 36.9 Å². The van der Waals surface area contributed by atoms with Crippen molar-refractivity contribution in [3.05, 3.63) is 29.1 Å². The largest absolute Gasteiger partial charge is 0.396 e. The van der Waals surface area contributed by atoms with E-state index in [0.29, 0.717) is 43.5 Å². The van der Waals surface area contributed by atoms with Crippen LogP contribution >= 0.6 is 0 Å². The summed E-state index contributed by atoms with van der Waals surface area (Å²) in [6.45, 7) is 15.4. The number of aliphatic hydroxyl groups excluding tert-OH is 1. The molecule has 4 rings (SSSR count). The van der Waals surface area contributed by atoms with Crippen molar-refractivity contribution in [2.45, 2.75) is 78.7 Å². The molecule has 4 N–H and O–H groups in total. The molecule has 2 aliphatic carbocycles. The first-order valence-corrected chi connectivity index (χ1v) is 13.8. The molecule has 1 fully saturated rings. The lowest BCUT2D eigenvalue weighted by atomic mass is 9.79. The average molecular weight is 496 g/mol. The number of nitrogens with one attached hydrogen (secondary N) is 3. The van der Waals surface area contributed by atoms with Crippen LogP contribution in [0.2, 0.25) is 0 Å². The van der Waals surface area contributed by atoms with Gasteiger partial charge in [0.2, 0.25) is 5.95 Å². The first-order chi connectivity index (χ1) is 17.3. The molecule has 2 heterocycles. The van der Waals surface area contributed by atoms with Crippen LogP contribution in [-0.2, 0) is 10.2 Å². The molecule has 198 valence electrons. The van der Waals surface area contributed by atoms with Crippen molar-refractivity contribution in [2.24, 2.45) is 17.8 Å². The van der Waals surface area contributed by atoms with E-state index in [9.17, 15) is 5.11 Å². The summed E-state index contributed by atoms with van der Waals surface area (Å²) in [4.78, 5) is 13.6. The molecule has 0 saturated heterocycles. The number of nitrogens with zero attached hydrogens (tertiary/aromatic N) is 2. The number of aliphatic hydroxyl groups is 1. The molecular weight excluding hydrogens is 450 g/mol. The summed E-state index contributed by atoms with van der Waals surface area (Å²) >= 11 is 0. The molecule has 0 bridgehead atoms. The van der Waals surface area contributed by atoms with Crippen molar-refractivity contribution in [3.8, 4) is 11.3 Å². The Bertz CT molecular complexity index is 1060. The van der Waals surface area contributed by atoms with Crippen LogP contribution in [0.4, 0.5) is 11.8 Å². The van der Waals surface area contributed by atoms with Gasteiger partial charge in [-0.2, -0.15) is 4.98 Å². The van der Waals surface area contributed by atoms with Gasteiger partial charge in [-0.1, -0.05) is 39.8 Å². The van der Waals surface area contributed by atoms with Gasteiger partial charge in [0.05, 0.1) is 23.6 Å². The molecule has 5 atom stereocenters. The highest BCUT2D eigenvalue weighted by molar-refractivity contribution is 5.79. The van der Waals surface area contributed by atoms with E-state index < -0.39 is 0 Å². The number of ether oxygens (including phenoxy) is 1. The molecule has 2 aliphatic rings. The Morgan fingerprint density at radius 3 is 2.72 bits per heavy atom. The SMILES string of the molecule is CCOCCNc1nc(C)c(-c2cc3c([nH]2)C(C)(CC)CCC=C3)c(NC2CC(CO)C(C)C2C)n1. The second kappa shape index (κ2) is 11.3. The van der Waals surface area contributed by atoms with Gasteiger partial charge in [0.25, 0.3) is 0 Å². The molecule has 7 heteroatoms. The summed E-state index contributed by atoms with van der Waals surface area (Å²) < 4.78 is 5.48. The van der Waals surface area contributed by atoms with Crippen molar-refractivity contribution in [1.29, 1.82) is 0 Å². The van der Waals surface area contributed by atoms with Crippen LogP contribution in [0.3, 0.4) is 0 Å². The third kappa shape index (κ3) is 5.32. The highest BCUT2D eigenvalue weighted by atomic mass is 16.5. The molecule has 0 radical (unpaired) electrons. The fourth-order valence-corrected chi connectivity index (χ4v) is 5.94. The number of aryl methyl sites for hydroxylation is 1. The van der Waals surface area contributed by atoms with Gasteiger partial charge < -0.3 is 25.5 Å². The monoisotopic (exact) mass is 495 g/mol. The molecule has 7 nitrogen and oxygen atoms in total. The van der Waals surface area contributed by atoms with Crippen LogP contribution in [0.1, 0.15) is 77.3 Å². The van der Waals surface area contributed by atoms with Crippen LogP contribution in [-0.4, -0.2) is 52.5 Å². The zero-order valence-corrected chi connectivity index (χ0v) is 22.9. The lowest BCUT2D eigenvalue weighted by Gasteiger charge is -2.27. The smallest absolute Gasteiger partial charge is 0.224 e. The van der Waals surface area contributed by atoms with E-state index in [4.69, 9.17) is 14.7 Å².